The van der Waals surface area contributed by atoms with Crippen molar-refractivity contribution in [2.75, 3.05) is 7.11 Å². The van der Waals surface area contributed by atoms with E-state index in [0.29, 0.717) is 11.2 Å². The second-order valence-electron chi connectivity index (χ2n) is 7.64. The molecule has 0 fully saturated rings. The summed E-state index contributed by atoms with van der Waals surface area (Å²) < 4.78 is 7.40. The number of methoxy groups -OCH3 is 1. The average molecular weight is 445 g/mol. The van der Waals surface area contributed by atoms with Gasteiger partial charge in [-0.05, 0) is 50.6 Å². The lowest BCUT2D eigenvalue weighted by molar-refractivity contribution is -0.120. The Morgan fingerprint density at radius 2 is 1.91 bits per heavy atom. The van der Waals surface area contributed by atoms with Crippen molar-refractivity contribution >= 4 is 34.3 Å². The highest BCUT2D eigenvalue weighted by atomic mass is 32.2. The number of thioether (sulfide) groups is 1. The zero-order valence-corrected chi connectivity index (χ0v) is 19.2. The normalized spacial score (nSPS) is 13.0. The molecule has 0 aliphatic heterocycles. The molecule has 32 heavy (non-hydrogen) atoms. The van der Waals surface area contributed by atoms with Crippen LogP contribution in [0, 0.1) is 18.3 Å². The number of para-hydroxylation sites is 3. The fourth-order valence-corrected chi connectivity index (χ4v) is 4.88. The summed E-state index contributed by atoms with van der Waals surface area (Å²) in [6, 6.07) is 19.5. The average Bonchev–Trinajstić information content (AvgIpc) is 3.18. The molecule has 4 aromatic rings. The third-order valence-corrected chi connectivity index (χ3v) is 6.59. The number of pyridine rings is 1. The number of nitrogens with one attached hydrogen (secondary N) is 1. The van der Waals surface area contributed by atoms with Crippen molar-refractivity contribution in [1.82, 2.24) is 14.7 Å². The van der Waals surface area contributed by atoms with E-state index in [1.807, 2.05) is 79.8 Å². The molecule has 0 spiro atoms. The molecule has 0 bridgehead atoms. The van der Waals surface area contributed by atoms with Crippen LogP contribution in [0.4, 0.5) is 0 Å². The molecule has 0 unspecified atom stereocenters. The van der Waals surface area contributed by atoms with Crippen LogP contribution in [-0.2, 0) is 4.79 Å². The second kappa shape index (κ2) is 8.93. The minimum Gasteiger partial charge on any atom is -0.496 e. The molecule has 2 aromatic carbocycles. The van der Waals surface area contributed by atoms with Gasteiger partial charge in [-0.15, -0.1) is 0 Å². The lowest BCUT2D eigenvalue weighted by Gasteiger charge is -2.20. The molecule has 0 saturated heterocycles. The minimum atomic E-state index is -0.358. The van der Waals surface area contributed by atoms with Crippen LogP contribution in [0.3, 0.4) is 0 Å². The van der Waals surface area contributed by atoms with Crippen molar-refractivity contribution in [2.24, 2.45) is 0 Å². The van der Waals surface area contributed by atoms with E-state index >= 15 is 0 Å². The van der Waals surface area contributed by atoms with Gasteiger partial charge in [-0.3, -0.25) is 9.20 Å². The number of hydrogen-bond donors (Lipinski definition) is 1. The van der Waals surface area contributed by atoms with Gasteiger partial charge in [0.15, 0.2) is 5.65 Å². The van der Waals surface area contributed by atoms with Crippen LogP contribution in [0.25, 0.3) is 16.7 Å². The number of nitriles is 1. The van der Waals surface area contributed by atoms with Crippen LogP contribution >= 0.6 is 11.8 Å². The number of nitrogens with zero attached hydrogens (tertiary/aromatic N) is 3. The number of hydrogen-bond acceptors (Lipinski definition) is 5. The maximum absolute atomic E-state index is 13.0. The third-order valence-electron chi connectivity index (χ3n) is 5.48. The van der Waals surface area contributed by atoms with Crippen molar-refractivity contribution in [2.45, 2.75) is 37.1 Å². The Hall–Kier alpha value is -3.50. The van der Waals surface area contributed by atoms with Gasteiger partial charge in [0.05, 0.1) is 40.0 Å². The van der Waals surface area contributed by atoms with E-state index in [1.54, 1.807) is 7.11 Å². The van der Waals surface area contributed by atoms with Crippen molar-refractivity contribution in [1.29, 1.82) is 5.26 Å². The summed E-state index contributed by atoms with van der Waals surface area (Å²) in [4.78, 5) is 17.7. The number of benzene rings is 2. The Morgan fingerprint density at radius 1 is 1.19 bits per heavy atom. The number of ether oxygens (including phenoxy) is 1. The summed E-state index contributed by atoms with van der Waals surface area (Å²) in [7, 11) is 1.62. The predicted octanol–water partition coefficient (Wildman–Crippen LogP) is 5.03. The minimum absolute atomic E-state index is 0.0759. The highest BCUT2D eigenvalue weighted by Crippen LogP contribution is 2.32. The maximum Gasteiger partial charge on any atom is 0.233 e. The fourth-order valence-electron chi connectivity index (χ4n) is 3.81. The number of aromatic nitrogens is 2. The highest BCUT2D eigenvalue weighted by molar-refractivity contribution is 8.00. The standard InChI is InChI=1S/C25H24N4O2S/c1-15-13-23(29-21-11-7-6-10-20(21)28-24(29)19(15)14-26)32-17(3)25(30)27-16(2)18-9-5-8-12-22(18)31-4/h5-13,16-17H,1-4H3,(H,27,30)/t16-,17+/m0/s1. The van der Waals surface area contributed by atoms with Gasteiger partial charge >= 0.3 is 0 Å². The van der Waals surface area contributed by atoms with Crippen molar-refractivity contribution < 1.29 is 9.53 Å². The Kier molecular flexibility index (Phi) is 6.06. The molecule has 4 rings (SSSR count). The number of carbonyl (C=O) groups excluding carboxylic acids is 1. The molecule has 0 aliphatic rings. The number of rotatable bonds is 6. The van der Waals surface area contributed by atoms with Crippen molar-refractivity contribution in [3.8, 4) is 11.8 Å². The summed E-state index contributed by atoms with van der Waals surface area (Å²) in [5.41, 5.74) is 4.67. The summed E-state index contributed by atoms with van der Waals surface area (Å²) in [5, 5.41) is 13.3. The van der Waals surface area contributed by atoms with Gasteiger partial charge in [-0.1, -0.05) is 42.1 Å². The van der Waals surface area contributed by atoms with Gasteiger partial charge in [0.25, 0.3) is 0 Å². The van der Waals surface area contributed by atoms with Gasteiger partial charge < -0.3 is 10.1 Å². The molecule has 162 valence electrons. The lowest BCUT2D eigenvalue weighted by atomic mass is 10.1. The summed E-state index contributed by atoms with van der Waals surface area (Å²) in [6.07, 6.45) is 0. The van der Waals surface area contributed by atoms with Crippen LogP contribution in [0.2, 0.25) is 0 Å². The first-order valence-electron chi connectivity index (χ1n) is 10.4. The first kappa shape index (κ1) is 21.7. The fraction of sp³-hybridized carbons (Fsp3) is 0.240. The molecule has 7 heteroatoms. The molecule has 1 N–H and O–H groups in total. The van der Waals surface area contributed by atoms with Crippen LogP contribution in [0.5, 0.6) is 5.75 Å². The third kappa shape index (κ3) is 3.90. The molecular weight excluding hydrogens is 420 g/mol. The number of imidazole rings is 1. The predicted molar refractivity (Wildman–Crippen MR) is 127 cm³/mol. The molecule has 0 radical (unpaired) electrons. The molecule has 6 nitrogen and oxygen atoms in total. The largest absolute Gasteiger partial charge is 0.496 e. The van der Waals surface area contributed by atoms with Crippen LogP contribution < -0.4 is 10.1 Å². The molecular formula is C25H24N4O2S. The molecule has 2 atom stereocenters. The van der Waals surface area contributed by atoms with E-state index in [1.165, 1.54) is 11.8 Å². The van der Waals surface area contributed by atoms with Crippen LogP contribution in [0.1, 0.15) is 36.6 Å². The van der Waals surface area contributed by atoms with E-state index in [9.17, 15) is 10.1 Å². The van der Waals surface area contributed by atoms with Gasteiger partial charge in [-0.25, -0.2) is 4.98 Å². The van der Waals surface area contributed by atoms with E-state index in [-0.39, 0.29) is 17.2 Å². The van der Waals surface area contributed by atoms with E-state index in [0.717, 1.165) is 32.9 Å². The van der Waals surface area contributed by atoms with Crippen LogP contribution in [0.15, 0.2) is 59.6 Å². The smallest absolute Gasteiger partial charge is 0.233 e. The summed E-state index contributed by atoms with van der Waals surface area (Å²) in [5.74, 6) is 0.669. The Morgan fingerprint density at radius 3 is 2.66 bits per heavy atom. The number of fused-ring (bicyclic) bond motifs is 3. The Labute approximate surface area is 191 Å². The monoisotopic (exact) mass is 444 g/mol. The molecule has 0 aliphatic carbocycles. The first-order chi connectivity index (χ1) is 15.4. The van der Waals surface area contributed by atoms with E-state index < -0.39 is 0 Å². The zero-order valence-electron chi connectivity index (χ0n) is 18.4. The van der Waals surface area contributed by atoms with E-state index in [4.69, 9.17) is 4.74 Å². The summed E-state index contributed by atoms with van der Waals surface area (Å²) >= 11 is 1.45. The zero-order chi connectivity index (χ0) is 22.8. The maximum atomic E-state index is 13.0. The van der Waals surface area contributed by atoms with Crippen LogP contribution in [-0.4, -0.2) is 27.7 Å². The number of carbonyl (C=O) groups is 1. The summed E-state index contributed by atoms with van der Waals surface area (Å²) in [6.45, 7) is 5.73. The molecule has 0 saturated carbocycles. The highest BCUT2D eigenvalue weighted by Gasteiger charge is 2.22. The van der Waals surface area contributed by atoms with Gasteiger partial charge in [-0.2, -0.15) is 5.26 Å². The van der Waals surface area contributed by atoms with Crippen molar-refractivity contribution in [3.05, 3.63) is 71.3 Å². The molecule has 2 aromatic heterocycles. The van der Waals surface area contributed by atoms with Gasteiger partial charge in [0.1, 0.15) is 11.8 Å². The lowest BCUT2D eigenvalue weighted by Crippen LogP contribution is -2.33. The SMILES string of the molecule is COc1ccccc1[C@H](C)NC(=O)[C@@H](C)Sc1cc(C)c(C#N)c2nc3ccccc3n12. The van der Waals surface area contributed by atoms with Gasteiger partial charge in [0.2, 0.25) is 5.91 Å². The Balaban J connectivity index is 1.64. The van der Waals surface area contributed by atoms with E-state index in [2.05, 4.69) is 16.4 Å². The quantitative estimate of drug-likeness (QED) is 0.422. The first-order valence-corrected chi connectivity index (χ1v) is 11.2. The number of amides is 1. The second-order valence-corrected chi connectivity index (χ2v) is 9.01. The van der Waals surface area contributed by atoms with Gasteiger partial charge in [0, 0.05) is 5.56 Å². The molecule has 1 amide bonds. The Bertz CT molecular complexity index is 1360. The topological polar surface area (TPSA) is 79.4 Å². The molecule has 2 heterocycles. The number of aryl methyl sites for hydroxylation is 1. The van der Waals surface area contributed by atoms with Crippen molar-refractivity contribution in [3.63, 3.8) is 0 Å².